The fourth-order valence-corrected chi connectivity index (χ4v) is 3.89. The van der Waals surface area contributed by atoms with Gasteiger partial charge in [-0.3, -0.25) is 4.98 Å². The normalized spacial score (nSPS) is 17.9. The molecule has 4 rings (SSSR count). The smallest absolute Gasteiger partial charge is 0.224 e. The average molecular weight is 410 g/mol. The highest BCUT2D eigenvalue weighted by Crippen LogP contribution is 2.26. The van der Waals surface area contributed by atoms with E-state index in [1.807, 2.05) is 36.4 Å². The first-order valence-corrected chi connectivity index (χ1v) is 10.1. The van der Waals surface area contributed by atoms with E-state index in [0.717, 1.165) is 42.0 Å². The van der Waals surface area contributed by atoms with E-state index in [1.165, 1.54) is 0 Å². The number of benzene rings is 1. The number of hydrogen-bond acceptors (Lipinski definition) is 5. The summed E-state index contributed by atoms with van der Waals surface area (Å²) in [6.45, 7) is 6.72. The predicted molar refractivity (Wildman–Crippen MR) is 118 cm³/mol. The molecule has 1 aliphatic rings. The zero-order valence-corrected chi connectivity index (χ0v) is 17.3. The third kappa shape index (κ3) is 4.10. The number of nitrogens with two attached hydrogens (primary N) is 1. The maximum atomic E-state index is 6.50. The van der Waals surface area contributed by atoms with Crippen molar-refractivity contribution in [2.75, 3.05) is 24.5 Å². The molecule has 0 aliphatic carbocycles. The Balaban J connectivity index is 1.61. The lowest BCUT2D eigenvalue weighted by molar-refractivity contribution is 0.222. The van der Waals surface area contributed by atoms with Gasteiger partial charge in [-0.15, -0.1) is 0 Å². The molecule has 150 valence electrons. The van der Waals surface area contributed by atoms with Gasteiger partial charge in [0, 0.05) is 37.4 Å². The second kappa shape index (κ2) is 8.21. The minimum Gasteiger partial charge on any atom is -0.369 e. The minimum absolute atomic E-state index is 0.203. The Morgan fingerprint density at radius 1 is 1.14 bits per heavy atom. The van der Waals surface area contributed by atoms with E-state index in [-0.39, 0.29) is 11.3 Å². The van der Waals surface area contributed by atoms with Crippen molar-refractivity contribution in [3.63, 3.8) is 0 Å². The van der Waals surface area contributed by atoms with E-state index < -0.39 is 0 Å². The second-order valence-corrected chi connectivity index (χ2v) is 7.79. The van der Waals surface area contributed by atoms with Crippen LogP contribution >= 0.6 is 11.6 Å². The number of nitrogens with zero attached hydrogens (tertiary/aromatic N) is 6. The zero-order chi connectivity index (χ0) is 20.4. The number of hydrogen-bond donors (Lipinski definition) is 1. The lowest BCUT2D eigenvalue weighted by Crippen LogP contribution is -2.59. The van der Waals surface area contributed by atoms with Crippen LogP contribution in [0, 0.1) is 5.92 Å². The monoisotopic (exact) mass is 409 g/mol. The molecule has 8 heteroatoms. The Hall–Kier alpha value is -2.93. The molecule has 2 aromatic heterocycles. The fourth-order valence-electron chi connectivity index (χ4n) is 3.75. The molecule has 29 heavy (non-hydrogen) atoms. The van der Waals surface area contributed by atoms with Crippen molar-refractivity contribution in [1.29, 1.82) is 0 Å². The van der Waals surface area contributed by atoms with Gasteiger partial charge in [0.05, 0.1) is 17.2 Å². The number of guanidine groups is 1. The number of pyridine rings is 1. The maximum absolute atomic E-state index is 6.50. The SMILES string of the molecule is CC(C)C1CN(c2ccnc(Cl)n2)CCN1C(N)=Nc1cccc2ncccc12. The summed E-state index contributed by atoms with van der Waals surface area (Å²) < 4.78 is 0. The Kier molecular flexibility index (Phi) is 5.49. The average Bonchev–Trinajstić information content (AvgIpc) is 2.73. The highest BCUT2D eigenvalue weighted by molar-refractivity contribution is 6.28. The number of rotatable bonds is 3. The van der Waals surface area contributed by atoms with Gasteiger partial charge in [0.15, 0.2) is 5.96 Å². The number of fused-ring (bicyclic) bond motifs is 1. The van der Waals surface area contributed by atoms with E-state index >= 15 is 0 Å². The van der Waals surface area contributed by atoms with Crippen molar-refractivity contribution < 1.29 is 0 Å². The zero-order valence-electron chi connectivity index (χ0n) is 16.5. The summed E-state index contributed by atoms with van der Waals surface area (Å²) in [7, 11) is 0. The second-order valence-electron chi connectivity index (χ2n) is 7.45. The molecule has 1 saturated heterocycles. The summed E-state index contributed by atoms with van der Waals surface area (Å²) in [5.74, 6) is 1.75. The number of halogens is 1. The molecule has 0 radical (unpaired) electrons. The first-order valence-electron chi connectivity index (χ1n) is 9.71. The molecule has 0 amide bonds. The van der Waals surface area contributed by atoms with Crippen LogP contribution in [0.4, 0.5) is 11.5 Å². The molecule has 1 unspecified atom stereocenters. The molecule has 1 fully saturated rings. The first kappa shape index (κ1) is 19.4. The van der Waals surface area contributed by atoms with Gasteiger partial charge in [0.25, 0.3) is 0 Å². The van der Waals surface area contributed by atoms with Gasteiger partial charge in [-0.2, -0.15) is 0 Å². The summed E-state index contributed by atoms with van der Waals surface area (Å²) >= 11 is 5.98. The quantitative estimate of drug-likeness (QED) is 0.405. The summed E-state index contributed by atoms with van der Waals surface area (Å²) in [5.41, 5.74) is 8.24. The summed E-state index contributed by atoms with van der Waals surface area (Å²) in [6, 6.07) is 11.9. The minimum atomic E-state index is 0.203. The largest absolute Gasteiger partial charge is 0.369 e. The van der Waals surface area contributed by atoms with Crippen molar-refractivity contribution in [3.8, 4) is 0 Å². The molecule has 2 N–H and O–H groups in total. The van der Waals surface area contributed by atoms with Crippen LogP contribution in [0.25, 0.3) is 10.9 Å². The Morgan fingerprint density at radius 3 is 2.79 bits per heavy atom. The molecule has 1 atom stereocenters. The van der Waals surface area contributed by atoms with Crippen LogP contribution in [-0.4, -0.2) is 51.5 Å². The van der Waals surface area contributed by atoms with Crippen molar-refractivity contribution in [2.24, 2.45) is 16.6 Å². The summed E-state index contributed by atoms with van der Waals surface area (Å²) in [5, 5.41) is 1.25. The standard InChI is InChI=1S/C21H24ClN7/c1-14(2)18-13-28(19-8-10-25-20(22)27-19)11-12-29(18)21(23)26-17-7-3-6-16-15(17)5-4-9-24-16/h3-10,14,18H,11-13H2,1-2H3,(H2,23,26). The molecular formula is C21H24ClN7. The van der Waals surface area contributed by atoms with Crippen LogP contribution in [0.2, 0.25) is 5.28 Å². The summed E-state index contributed by atoms with van der Waals surface area (Å²) in [6.07, 6.45) is 3.47. The molecule has 1 aromatic carbocycles. The fraction of sp³-hybridized carbons (Fsp3) is 0.333. The van der Waals surface area contributed by atoms with E-state index in [9.17, 15) is 0 Å². The highest BCUT2D eigenvalue weighted by Gasteiger charge is 2.31. The number of aromatic nitrogens is 3. The molecule has 0 spiro atoms. The molecule has 3 aromatic rings. The Labute approximate surface area is 175 Å². The Bertz CT molecular complexity index is 1030. The molecule has 1 aliphatic heterocycles. The first-order chi connectivity index (χ1) is 14.0. The van der Waals surface area contributed by atoms with Crippen LogP contribution in [0.5, 0.6) is 0 Å². The maximum Gasteiger partial charge on any atom is 0.224 e. The number of piperazine rings is 1. The van der Waals surface area contributed by atoms with Crippen LogP contribution in [0.3, 0.4) is 0 Å². The lowest BCUT2D eigenvalue weighted by Gasteiger charge is -2.44. The van der Waals surface area contributed by atoms with Gasteiger partial charge in [-0.1, -0.05) is 19.9 Å². The van der Waals surface area contributed by atoms with E-state index in [4.69, 9.17) is 22.3 Å². The van der Waals surface area contributed by atoms with E-state index in [0.29, 0.717) is 11.9 Å². The molecule has 3 heterocycles. The van der Waals surface area contributed by atoms with Gasteiger partial charge >= 0.3 is 0 Å². The van der Waals surface area contributed by atoms with E-state index in [2.05, 4.69) is 38.6 Å². The third-order valence-electron chi connectivity index (χ3n) is 5.28. The van der Waals surface area contributed by atoms with Gasteiger partial charge in [0.1, 0.15) is 5.82 Å². The topological polar surface area (TPSA) is 83.5 Å². The van der Waals surface area contributed by atoms with Crippen molar-refractivity contribution in [3.05, 3.63) is 54.1 Å². The molecule has 7 nitrogen and oxygen atoms in total. The van der Waals surface area contributed by atoms with Gasteiger partial charge < -0.3 is 15.5 Å². The lowest BCUT2D eigenvalue weighted by atomic mass is 10.00. The van der Waals surface area contributed by atoms with Crippen molar-refractivity contribution >= 4 is 40.0 Å². The molecular weight excluding hydrogens is 386 g/mol. The van der Waals surface area contributed by atoms with Crippen LogP contribution < -0.4 is 10.6 Å². The van der Waals surface area contributed by atoms with E-state index in [1.54, 1.807) is 12.4 Å². The number of anilines is 1. The van der Waals surface area contributed by atoms with Crippen LogP contribution in [0.15, 0.2) is 53.8 Å². The van der Waals surface area contributed by atoms with Gasteiger partial charge in [-0.25, -0.2) is 15.0 Å². The Morgan fingerprint density at radius 2 is 2.00 bits per heavy atom. The number of aliphatic imine (C=N–C) groups is 1. The third-order valence-corrected chi connectivity index (χ3v) is 5.46. The molecule has 0 bridgehead atoms. The van der Waals surface area contributed by atoms with Crippen molar-refractivity contribution in [1.82, 2.24) is 19.9 Å². The van der Waals surface area contributed by atoms with Crippen molar-refractivity contribution in [2.45, 2.75) is 19.9 Å². The highest BCUT2D eigenvalue weighted by atomic mass is 35.5. The predicted octanol–water partition coefficient (Wildman–Crippen LogP) is 3.47. The van der Waals surface area contributed by atoms with Crippen LogP contribution in [-0.2, 0) is 0 Å². The van der Waals surface area contributed by atoms with Gasteiger partial charge in [0.2, 0.25) is 5.28 Å². The van der Waals surface area contributed by atoms with Gasteiger partial charge in [-0.05, 0) is 47.9 Å². The molecule has 0 saturated carbocycles. The van der Waals surface area contributed by atoms with Crippen LogP contribution in [0.1, 0.15) is 13.8 Å². The summed E-state index contributed by atoms with van der Waals surface area (Å²) in [4.78, 5) is 21.9.